The minimum absolute atomic E-state index is 0. The highest BCUT2D eigenvalue weighted by atomic mass is 127. The smallest absolute Gasteiger partial charge is 0.190 e. The summed E-state index contributed by atoms with van der Waals surface area (Å²) in [5.41, 5.74) is 0. The average Bonchev–Trinajstić information content (AvgIpc) is 3.14. The third-order valence-electron chi connectivity index (χ3n) is 3.30. The molecule has 1 fully saturated rings. The maximum atomic E-state index is 4.36. The lowest BCUT2D eigenvalue weighted by Crippen LogP contribution is -2.38. The second-order valence-electron chi connectivity index (χ2n) is 5.13. The Labute approximate surface area is 142 Å². The van der Waals surface area contributed by atoms with Gasteiger partial charge in [0.15, 0.2) is 5.96 Å². The second-order valence-corrected chi connectivity index (χ2v) is 6.45. The van der Waals surface area contributed by atoms with Gasteiger partial charge < -0.3 is 10.6 Å². The minimum Gasteiger partial charge on any atom is -0.356 e. The number of aryl methyl sites for hydroxylation is 1. The van der Waals surface area contributed by atoms with E-state index in [9.17, 15) is 0 Å². The molecular weight excluding hydrogens is 383 g/mol. The van der Waals surface area contributed by atoms with Gasteiger partial charge in [0.25, 0.3) is 0 Å². The molecule has 0 unspecified atom stereocenters. The second kappa shape index (κ2) is 9.55. The largest absolute Gasteiger partial charge is 0.356 e. The van der Waals surface area contributed by atoms with Crippen LogP contribution in [0.1, 0.15) is 35.6 Å². The topological polar surface area (TPSA) is 49.3 Å². The maximum Gasteiger partial charge on any atom is 0.190 e. The Morgan fingerprint density at radius 3 is 2.75 bits per heavy atom. The first kappa shape index (κ1) is 17.7. The molecule has 0 aliphatic heterocycles. The molecule has 1 heterocycles. The summed E-state index contributed by atoms with van der Waals surface area (Å²) in [6, 6.07) is 0. The summed E-state index contributed by atoms with van der Waals surface area (Å²) in [7, 11) is 1.82. The number of guanidine groups is 1. The number of rotatable bonds is 7. The Morgan fingerprint density at radius 2 is 2.15 bits per heavy atom. The first-order valence-corrected chi connectivity index (χ1v) is 7.95. The van der Waals surface area contributed by atoms with Crippen molar-refractivity contribution >= 4 is 41.3 Å². The molecular formula is C14H25IN4S. The molecule has 0 radical (unpaired) electrons. The zero-order valence-corrected chi connectivity index (χ0v) is 15.5. The number of halogens is 1. The molecule has 0 bridgehead atoms. The zero-order valence-electron chi connectivity index (χ0n) is 12.3. The molecule has 2 rings (SSSR count). The molecule has 0 amide bonds. The predicted molar refractivity (Wildman–Crippen MR) is 97.3 cm³/mol. The van der Waals surface area contributed by atoms with Crippen LogP contribution in [0.15, 0.2) is 11.2 Å². The average molecular weight is 408 g/mol. The number of aromatic nitrogens is 1. The van der Waals surface area contributed by atoms with Crippen molar-refractivity contribution in [2.24, 2.45) is 10.9 Å². The van der Waals surface area contributed by atoms with Crippen LogP contribution in [0.25, 0.3) is 0 Å². The highest BCUT2D eigenvalue weighted by Gasteiger charge is 2.19. The van der Waals surface area contributed by atoms with Crippen molar-refractivity contribution in [3.8, 4) is 0 Å². The van der Waals surface area contributed by atoms with Gasteiger partial charge in [0, 0.05) is 37.6 Å². The van der Waals surface area contributed by atoms with Crippen LogP contribution in [-0.4, -0.2) is 31.1 Å². The molecule has 1 aliphatic carbocycles. The van der Waals surface area contributed by atoms with Gasteiger partial charge in [0.05, 0.1) is 5.01 Å². The van der Waals surface area contributed by atoms with Crippen molar-refractivity contribution in [1.82, 2.24) is 15.6 Å². The van der Waals surface area contributed by atoms with E-state index in [0.29, 0.717) is 0 Å². The van der Waals surface area contributed by atoms with Gasteiger partial charge in [-0.1, -0.05) is 12.8 Å². The van der Waals surface area contributed by atoms with Gasteiger partial charge in [-0.3, -0.25) is 4.99 Å². The van der Waals surface area contributed by atoms with Crippen LogP contribution in [0, 0.1) is 12.8 Å². The molecule has 1 aromatic rings. The van der Waals surface area contributed by atoms with Crippen LogP contribution >= 0.6 is 35.3 Å². The van der Waals surface area contributed by atoms with E-state index in [1.165, 1.54) is 35.6 Å². The fourth-order valence-electron chi connectivity index (χ4n) is 2.03. The van der Waals surface area contributed by atoms with Gasteiger partial charge in [-0.15, -0.1) is 35.3 Å². The lowest BCUT2D eigenvalue weighted by Gasteiger charge is -2.11. The lowest BCUT2D eigenvalue weighted by molar-refractivity contribution is 0.644. The first-order chi connectivity index (χ1) is 9.28. The van der Waals surface area contributed by atoms with E-state index in [0.717, 1.165) is 31.4 Å². The van der Waals surface area contributed by atoms with Crippen LogP contribution < -0.4 is 10.6 Å². The van der Waals surface area contributed by atoms with Gasteiger partial charge in [0.2, 0.25) is 0 Å². The van der Waals surface area contributed by atoms with Crippen molar-refractivity contribution in [3.63, 3.8) is 0 Å². The number of hydrogen-bond acceptors (Lipinski definition) is 3. The third-order valence-corrected chi connectivity index (χ3v) is 4.28. The number of hydrogen-bond donors (Lipinski definition) is 2. The quantitative estimate of drug-likeness (QED) is 0.316. The van der Waals surface area contributed by atoms with Crippen molar-refractivity contribution in [2.45, 2.75) is 39.0 Å². The molecule has 6 heteroatoms. The summed E-state index contributed by atoms with van der Waals surface area (Å²) in [6.45, 7) is 4.00. The predicted octanol–water partition coefficient (Wildman–Crippen LogP) is 2.97. The third kappa shape index (κ3) is 6.88. The van der Waals surface area contributed by atoms with Crippen LogP contribution in [0.3, 0.4) is 0 Å². The standard InChI is InChI=1S/C14H24N4S.HI/c1-11-10-18-13(19-11)7-9-17-14(15-2)16-8-3-4-12-5-6-12;/h10,12H,3-9H2,1-2H3,(H2,15,16,17);1H. The molecule has 1 saturated carbocycles. The number of nitrogens with one attached hydrogen (secondary N) is 2. The van der Waals surface area contributed by atoms with Crippen LogP contribution in [-0.2, 0) is 6.42 Å². The van der Waals surface area contributed by atoms with Gasteiger partial charge in [-0.25, -0.2) is 4.98 Å². The van der Waals surface area contributed by atoms with E-state index in [-0.39, 0.29) is 24.0 Å². The van der Waals surface area contributed by atoms with Gasteiger partial charge in [-0.05, 0) is 25.7 Å². The molecule has 0 aromatic carbocycles. The maximum absolute atomic E-state index is 4.36. The molecule has 114 valence electrons. The number of thiazole rings is 1. The van der Waals surface area contributed by atoms with Crippen molar-refractivity contribution in [2.75, 3.05) is 20.1 Å². The van der Waals surface area contributed by atoms with E-state index in [4.69, 9.17) is 0 Å². The molecule has 0 saturated heterocycles. The number of aliphatic imine (C=N–C) groups is 1. The Hall–Kier alpha value is -0.370. The van der Waals surface area contributed by atoms with E-state index >= 15 is 0 Å². The highest BCUT2D eigenvalue weighted by Crippen LogP contribution is 2.33. The van der Waals surface area contributed by atoms with Gasteiger partial charge in [0.1, 0.15) is 0 Å². The fourth-order valence-corrected chi connectivity index (χ4v) is 2.82. The molecule has 1 aromatic heterocycles. The Kier molecular flexibility index (Phi) is 8.44. The van der Waals surface area contributed by atoms with Crippen LogP contribution in [0.2, 0.25) is 0 Å². The van der Waals surface area contributed by atoms with Crippen molar-refractivity contribution in [1.29, 1.82) is 0 Å². The molecule has 0 spiro atoms. The summed E-state index contributed by atoms with van der Waals surface area (Å²) in [5.74, 6) is 1.92. The lowest BCUT2D eigenvalue weighted by atomic mass is 10.2. The fraction of sp³-hybridized carbons (Fsp3) is 0.714. The summed E-state index contributed by atoms with van der Waals surface area (Å²) >= 11 is 1.77. The van der Waals surface area contributed by atoms with Crippen molar-refractivity contribution in [3.05, 3.63) is 16.1 Å². The molecule has 20 heavy (non-hydrogen) atoms. The minimum atomic E-state index is 0. The molecule has 2 N–H and O–H groups in total. The molecule has 1 aliphatic rings. The summed E-state index contributed by atoms with van der Waals surface area (Å²) in [4.78, 5) is 9.87. The van der Waals surface area contributed by atoms with Gasteiger partial charge in [-0.2, -0.15) is 0 Å². The summed E-state index contributed by atoms with van der Waals surface area (Å²) < 4.78 is 0. The Bertz CT molecular complexity index is 415. The first-order valence-electron chi connectivity index (χ1n) is 7.13. The van der Waals surface area contributed by atoms with E-state index in [1.54, 1.807) is 11.3 Å². The Morgan fingerprint density at radius 1 is 1.40 bits per heavy atom. The normalized spacial score (nSPS) is 14.8. The van der Waals surface area contributed by atoms with E-state index < -0.39 is 0 Å². The SMILES string of the molecule is CN=C(NCCCC1CC1)NCCc1ncc(C)s1.I. The van der Waals surface area contributed by atoms with Crippen molar-refractivity contribution < 1.29 is 0 Å². The summed E-state index contributed by atoms with van der Waals surface area (Å²) in [5, 5.41) is 7.89. The summed E-state index contributed by atoms with van der Waals surface area (Å²) in [6.07, 6.45) is 8.39. The zero-order chi connectivity index (χ0) is 13.5. The molecule has 4 nitrogen and oxygen atoms in total. The number of nitrogens with zero attached hydrogens (tertiary/aromatic N) is 2. The van der Waals surface area contributed by atoms with E-state index in [1.807, 2.05) is 13.2 Å². The van der Waals surface area contributed by atoms with Gasteiger partial charge >= 0.3 is 0 Å². The monoisotopic (exact) mass is 408 g/mol. The highest BCUT2D eigenvalue weighted by molar-refractivity contribution is 14.0. The molecule has 0 atom stereocenters. The van der Waals surface area contributed by atoms with E-state index in [2.05, 4.69) is 27.5 Å². The van der Waals surface area contributed by atoms with Crippen LogP contribution in [0.5, 0.6) is 0 Å². The van der Waals surface area contributed by atoms with Crippen LogP contribution in [0.4, 0.5) is 0 Å². The Balaban J connectivity index is 0.00000200.